The smallest absolute Gasteiger partial charge is 0.216 e. The average Bonchev–Trinajstić information content (AvgIpc) is 2.94. The standard InChI is InChI=1S/C17H18N4OS/c1-3-16-19-20-17(23)21(16)18-11-14-13-8-6-5-7-12(13)9-10-15(14)22-4-2/h5-11H,3-4H2,1-2H3,(H,20,23)/b18-11-. The Morgan fingerprint density at radius 1 is 1.26 bits per heavy atom. The van der Waals surface area contributed by atoms with Gasteiger partial charge < -0.3 is 4.74 Å². The van der Waals surface area contributed by atoms with Gasteiger partial charge in [0.25, 0.3) is 0 Å². The van der Waals surface area contributed by atoms with Gasteiger partial charge in [0.2, 0.25) is 4.77 Å². The molecule has 6 heteroatoms. The van der Waals surface area contributed by atoms with Crippen LogP contribution in [0.15, 0.2) is 41.5 Å². The number of benzene rings is 2. The fraction of sp³-hybridized carbons (Fsp3) is 0.235. The summed E-state index contributed by atoms with van der Waals surface area (Å²) < 4.78 is 7.88. The molecule has 23 heavy (non-hydrogen) atoms. The summed E-state index contributed by atoms with van der Waals surface area (Å²) in [6, 6.07) is 12.2. The van der Waals surface area contributed by atoms with Crippen molar-refractivity contribution in [2.24, 2.45) is 5.10 Å². The van der Waals surface area contributed by atoms with Crippen LogP contribution in [0.1, 0.15) is 25.2 Å². The van der Waals surface area contributed by atoms with Gasteiger partial charge in [-0.1, -0.05) is 37.3 Å². The molecule has 0 saturated heterocycles. The monoisotopic (exact) mass is 326 g/mol. The summed E-state index contributed by atoms with van der Waals surface area (Å²) in [5.74, 6) is 1.60. The highest BCUT2D eigenvalue weighted by Gasteiger charge is 2.08. The van der Waals surface area contributed by atoms with Crippen molar-refractivity contribution in [1.29, 1.82) is 0 Å². The number of fused-ring (bicyclic) bond motifs is 1. The molecule has 0 fully saturated rings. The Morgan fingerprint density at radius 3 is 2.87 bits per heavy atom. The zero-order chi connectivity index (χ0) is 16.2. The van der Waals surface area contributed by atoms with E-state index in [0.717, 1.165) is 34.3 Å². The molecule has 0 unspecified atom stereocenters. The first-order chi connectivity index (χ1) is 11.2. The van der Waals surface area contributed by atoms with Crippen molar-refractivity contribution in [3.8, 4) is 5.75 Å². The van der Waals surface area contributed by atoms with Crippen LogP contribution in [0.3, 0.4) is 0 Å². The summed E-state index contributed by atoms with van der Waals surface area (Å²) in [6.07, 6.45) is 2.54. The quantitative estimate of drug-likeness (QED) is 0.571. The number of aromatic amines is 1. The molecule has 3 aromatic rings. The number of nitrogens with one attached hydrogen (secondary N) is 1. The number of nitrogens with zero attached hydrogens (tertiary/aromatic N) is 3. The Bertz CT molecular complexity index is 910. The first kappa shape index (κ1) is 15.4. The van der Waals surface area contributed by atoms with E-state index in [2.05, 4.69) is 33.5 Å². The molecule has 0 amide bonds. The minimum absolute atomic E-state index is 0.483. The third kappa shape index (κ3) is 3.03. The molecule has 0 bridgehead atoms. The first-order valence-corrected chi connectivity index (χ1v) is 8.00. The lowest BCUT2D eigenvalue weighted by Gasteiger charge is -2.10. The number of rotatable bonds is 5. The summed E-state index contributed by atoms with van der Waals surface area (Å²) in [6.45, 7) is 4.59. The Hall–Kier alpha value is -2.47. The zero-order valence-corrected chi connectivity index (χ0v) is 13.9. The van der Waals surface area contributed by atoms with Gasteiger partial charge in [-0.2, -0.15) is 14.9 Å². The molecule has 0 aliphatic heterocycles. The third-order valence-electron chi connectivity index (χ3n) is 3.57. The highest BCUT2D eigenvalue weighted by atomic mass is 32.1. The van der Waals surface area contributed by atoms with Gasteiger partial charge in [-0.25, -0.2) is 0 Å². The van der Waals surface area contributed by atoms with E-state index in [4.69, 9.17) is 17.0 Å². The highest BCUT2D eigenvalue weighted by molar-refractivity contribution is 7.71. The Balaban J connectivity index is 2.14. The lowest BCUT2D eigenvalue weighted by molar-refractivity contribution is 0.340. The molecule has 0 aliphatic carbocycles. The molecule has 0 radical (unpaired) electrons. The first-order valence-electron chi connectivity index (χ1n) is 7.59. The molecule has 118 valence electrons. The molecule has 0 aliphatic rings. The number of H-pyrrole nitrogens is 1. The van der Waals surface area contributed by atoms with Gasteiger partial charge in [-0.15, -0.1) is 0 Å². The fourth-order valence-electron chi connectivity index (χ4n) is 2.48. The lowest BCUT2D eigenvalue weighted by atomic mass is 10.0. The molecule has 1 aromatic heterocycles. The molecule has 5 nitrogen and oxygen atoms in total. The highest BCUT2D eigenvalue weighted by Crippen LogP contribution is 2.26. The van der Waals surface area contributed by atoms with Crippen LogP contribution in [0.25, 0.3) is 10.8 Å². The number of ether oxygens (including phenoxy) is 1. The van der Waals surface area contributed by atoms with Crippen molar-refractivity contribution in [2.45, 2.75) is 20.3 Å². The van der Waals surface area contributed by atoms with E-state index in [1.54, 1.807) is 10.9 Å². The average molecular weight is 326 g/mol. The lowest BCUT2D eigenvalue weighted by Crippen LogP contribution is -2.00. The number of hydrogen-bond acceptors (Lipinski definition) is 4. The van der Waals surface area contributed by atoms with Crippen molar-refractivity contribution >= 4 is 29.2 Å². The molecule has 0 atom stereocenters. The van der Waals surface area contributed by atoms with Gasteiger partial charge >= 0.3 is 0 Å². The topological polar surface area (TPSA) is 55.2 Å². The van der Waals surface area contributed by atoms with Crippen molar-refractivity contribution in [2.75, 3.05) is 6.61 Å². The zero-order valence-electron chi connectivity index (χ0n) is 13.1. The molecule has 1 heterocycles. The maximum absolute atomic E-state index is 5.75. The fourth-order valence-corrected chi connectivity index (χ4v) is 2.68. The van der Waals surface area contributed by atoms with Crippen LogP contribution in [-0.4, -0.2) is 27.7 Å². The predicted octanol–water partition coefficient (Wildman–Crippen LogP) is 3.94. The van der Waals surface area contributed by atoms with Gasteiger partial charge in [0.05, 0.1) is 12.8 Å². The summed E-state index contributed by atoms with van der Waals surface area (Å²) in [7, 11) is 0. The van der Waals surface area contributed by atoms with Crippen LogP contribution in [0, 0.1) is 4.77 Å². The largest absolute Gasteiger partial charge is 0.493 e. The van der Waals surface area contributed by atoms with E-state index < -0.39 is 0 Å². The second kappa shape index (κ2) is 6.75. The number of aryl methyl sites for hydroxylation is 1. The molecule has 0 spiro atoms. The maximum Gasteiger partial charge on any atom is 0.216 e. The Labute approximate surface area is 139 Å². The van der Waals surface area contributed by atoms with E-state index in [1.165, 1.54) is 0 Å². The van der Waals surface area contributed by atoms with E-state index in [9.17, 15) is 0 Å². The van der Waals surface area contributed by atoms with Gasteiger partial charge in [0, 0.05) is 12.0 Å². The minimum Gasteiger partial charge on any atom is -0.493 e. The predicted molar refractivity (Wildman–Crippen MR) is 94.9 cm³/mol. The second-order valence-electron chi connectivity index (χ2n) is 4.99. The van der Waals surface area contributed by atoms with Crippen LogP contribution < -0.4 is 4.74 Å². The second-order valence-corrected chi connectivity index (χ2v) is 5.37. The summed E-state index contributed by atoms with van der Waals surface area (Å²) in [5, 5.41) is 13.7. The number of hydrogen-bond donors (Lipinski definition) is 1. The minimum atomic E-state index is 0.483. The SMILES string of the molecule is CCOc1ccc2ccccc2c1/C=N\n1c(CC)n[nH]c1=S. The van der Waals surface area contributed by atoms with Gasteiger partial charge in [0.15, 0.2) is 5.82 Å². The van der Waals surface area contributed by atoms with E-state index in [0.29, 0.717) is 11.4 Å². The Morgan fingerprint density at radius 2 is 2.09 bits per heavy atom. The van der Waals surface area contributed by atoms with Crippen LogP contribution in [0.4, 0.5) is 0 Å². The third-order valence-corrected chi connectivity index (χ3v) is 3.83. The molecule has 0 saturated carbocycles. The Kier molecular flexibility index (Phi) is 4.52. The van der Waals surface area contributed by atoms with E-state index in [1.807, 2.05) is 32.0 Å². The van der Waals surface area contributed by atoms with Crippen molar-refractivity contribution < 1.29 is 4.74 Å². The maximum atomic E-state index is 5.75. The van der Waals surface area contributed by atoms with Crippen LogP contribution in [0.5, 0.6) is 5.75 Å². The molecule has 3 rings (SSSR count). The molecular formula is C17H18N4OS. The molecular weight excluding hydrogens is 308 g/mol. The summed E-state index contributed by atoms with van der Waals surface area (Å²) in [5.41, 5.74) is 0.940. The van der Waals surface area contributed by atoms with Crippen molar-refractivity contribution in [3.05, 3.63) is 52.6 Å². The van der Waals surface area contributed by atoms with Crippen molar-refractivity contribution in [3.63, 3.8) is 0 Å². The van der Waals surface area contributed by atoms with Gasteiger partial charge in [-0.05, 0) is 36.0 Å². The summed E-state index contributed by atoms with van der Waals surface area (Å²) >= 11 is 5.23. The van der Waals surface area contributed by atoms with Crippen LogP contribution in [0.2, 0.25) is 0 Å². The van der Waals surface area contributed by atoms with Gasteiger partial charge in [0.1, 0.15) is 5.75 Å². The van der Waals surface area contributed by atoms with E-state index in [-0.39, 0.29) is 0 Å². The van der Waals surface area contributed by atoms with E-state index >= 15 is 0 Å². The van der Waals surface area contributed by atoms with Gasteiger partial charge in [-0.3, -0.25) is 5.10 Å². The molecule has 1 N–H and O–H groups in total. The normalized spacial score (nSPS) is 11.4. The van der Waals surface area contributed by atoms with Crippen molar-refractivity contribution in [1.82, 2.24) is 14.9 Å². The number of aromatic nitrogens is 3. The molecule has 2 aromatic carbocycles. The summed E-state index contributed by atoms with van der Waals surface area (Å²) in [4.78, 5) is 0. The van der Waals surface area contributed by atoms with Crippen LogP contribution in [-0.2, 0) is 6.42 Å². The van der Waals surface area contributed by atoms with Crippen LogP contribution >= 0.6 is 12.2 Å².